The van der Waals surface area contributed by atoms with Gasteiger partial charge in [-0.25, -0.2) is 4.98 Å². The molecule has 1 unspecified atom stereocenters. The summed E-state index contributed by atoms with van der Waals surface area (Å²) in [5, 5.41) is 7.07. The van der Waals surface area contributed by atoms with E-state index in [0.29, 0.717) is 18.9 Å². The molecule has 1 saturated heterocycles. The van der Waals surface area contributed by atoms with Crippen LogP contribution in [0.15, 0.2) is 9.90 Å². The normalized spacial score (nSPS) is 18.6. The minimum absolute atomic E-state index is 0.132. The number of hydrogen-bond acceptors (Lipinski definition) is 6. The van der Waals surface area contributed by atoms with Gasteiger partial charge in [0.15, 0.2) is 5.82 Å². The monoisotopic (exact) mass is 334 g/mol. The van der Waals surface area contributed by atoms with Crippen LogP contribution in [0.3, 0.4) is 0 Å². The fourth-order valence-electron chi connectivity index (χ4n) is 2.82. The third-order valence-electron chi connectivity index (χ3n) is 4.09. The molecular formula is C16H22N4O2S. The molecule has 1 atom stereocenters. The number of thiazole rings is 1. The van der Waals surface area contributed by atoms with Crippen LogP contribution in [0.25, 0.3) is 0 Å². The predicted molar refractivity (Wildman–Crippen MR) is 87.5 cm³/mol. The Bertz CT molecular complexity index is 679. The first-order valence-electron chi connectivity index (χ1n) is 8.05. The molecule has 1 aliphatic rings. The highest BCUT2D eigenvalue weighted by molar-refractivity contribution is 7.09. The Labute approximate surface area is 139 Å². The van der Waals surface area contributed by atoms with Crippen molar-refractivity contribution in [2.45, 2.75) is 51.9 Å². The Morgan fingerprint density at radius 2 is 2.30 bits per heavy atom. The van der Waals surface area contributed by atoms with Gasteiger partial charge < -0.3 is 9.42 Å². The van der Waals surface area contributed by atoms with Crippen molar-refractivity contribution in [1.82, 2.24) is 20.0 Å². The molecule has 1 fully saturated rings. The third kappa shape index (κ3) is 3.77. The summed E-state index contributed by atoms with van der Waals surface area (Å²) in [6, 6.07) is 0. The first-order chi connectivity index (χ1) is 11.0. The van der Waals surface area contributed by atoms with Gasteiger partial charge in [-0.15, -0.1) is 11.3 Å². The number of carbonyl (C=O) groups is 1. The molecule has 0 saturated carbocycles. The number of likely N-dealkylation sites (tertiary alicyclic amines) is 1. The predicted octanol–water partition coefficient (Wildman–Crippen LogP) is 2.91. The first kappa shape index (κ1) is 16.1. The van der Waals surface area contributed by atoms with Crippen LogP contribution in [0.1, 0.15) is 60.9 Å². The van der Waals surface area contributed by atoms with E-state index < -0.39 is 0 Å². The molecule has 7 heteroatoms. The molecule has 2 aromatic rings. The van der Waals surface area contributed by atoms with Crippen LogP contribution in [0.5, 0.6) is 0 Å². The van der Waals surface area contributed by atoms with Gasteiger partial charge in [0, 0.05) is 30.3 Å². The number of piperidine rings is 1. The zero-order chi connectivity index (χ0) is 16.4. The van der Waals surface area contributed by atoms with Gasteiger partial charge in [0.25, 0.3) is 0 Å². The summed E-state index contributed by atoms with van der Waals surface area (Å²) in [5.41, 5.74) is 0.862. The molecule has 2 aromatic heterocycles. The molecule has 0 bridgehead atoms. The van der Waals surface area contributed by atoms with Crippen molar-refractivity contribution >= 4 is 17.2 Å². The SMILES string of the molecule is Cc1nc(CC(=O)N2CCCC(c3noc(C(C)C)n3)C2)cs1. The second-order valence-corrected chi connectivity index (χ2v) is 7.42. The van der Waals surface area contributed by atoms with Crippen LogP contribution in [0.4, 0.5) is 0 Å². The minimum Gasteiger partial charge on any atom is -0.342 e. The van der Waals surface area contributed by atoms with E-state index >= 15 is 0 Å². The van der Waals surface area contributed by atoms with Gasteiger partial charge in [-0.2, -0.15) is 4.98 Å². The van der Waals surface area contributed by atoms with Gasteiger partial charge in [-0.05, 0) is 19.8 Å². The average molecular weight is 334 g/mol. The number of rotatable bonds is 4. The molecule has 1 aliphatic heterocycles. The van der Waals surface area contributed by atoms with Crippen LogP contribution < -0.4 is 0 Å². The van der Waals surface area contributed by atoms with Crippen LogP contribution in [0, 0.1) is 6.92 Å². The van der Waals surface area contributed by atoms with Gasteiger partial charge in [-0.1, -0.05) is 19.0 Å². The molecule has 23 heavy (non-hydrogen) atoms. The Balaban J connectivity index is 1.64. The van der Waals surface area contributed by atoms with Crippen molar-refractivity contribution in [3.63, 3.8) is 0 Å². The van der Waals surface area contributed by atoms with Crippen molar-refractivity contribution in [2.75, 3.05) is 13.1 Å². The summed E-state index contributed by atoms with van der Waals surface area (Å²) >= 11 is 1.58. The Morgan fingerprint density at radius 1 is 1.48 bits per heavy atom. The molecule has 3 rings (SSSR count). The lowest BCUT2D eigenvalue weighted by atomic mass is 9.97. The molecule has 124 valence electrons. The van der Waals surface area contributed by atoms with Gasteiger partial charge in [0.05, 0.1) is 17.1 Å². The summed E-state index contributed by atoms with van der Waals surface area (Å²) in [4.78, 5) is 23.3. The second kappa shape index (κ2) is 6.78. The van der Waals surface area contributed by atoms with Crippen molar-refractivity contribution in [3.05, 3.63) is 27.8 Å². The lowest BCUT2D eigenvalue weighted by Crippen LogP contribution is -2.40. The quantitative estimate of drug-likeness (QED) is 0.859. The maximum absolute atomic E-state index is 12.5. The fraction of sp³-hybridized carbons (Fsp3) is 0.625. The van der Waals surface area contributed by atoms with Crippen molar-refractivity contribution in [3.8, 4) is 0 Å². The molecule has 3 heterocycles. The smallest absolute Gasteiger partial charge is 0.229 e. The zero-order valence-corrected chi connectivity index (χ0v) is 14.6. The van der Waals surface area contributed by atoms with E-state index in [9.17, 15) is 4.79 Å². The highest BCUT2D eigenvalue weighted by Crippen LogP contribution is 2.26. The van der Waals surface area contributed by atoms with E-state index in [1.165, 1.54) is 0 Å². The minimum atomic E-state index is 0.132. The number of hydrogen-bond donors (Lipinski definition) is 0. The Hall–Kier alpha value is -1.76. The van der Waals surface area contributed by atoms with E-state index in [1.807, 2.05) is 31.1 Å². The standard InChI is InChI=1S/C16H22N4O2S/c1-10(2)16-18-15(19-22-16)12-5-4-6-20(8-12)14(21)7-13-9-23-11(3)17-13/h9-10,12H,4-8H2,1-3H3. The zero-order valence-electron chi connectivity index (χ0n) is 13.8. The lowest BCUT2D eigenvalue weighted by molar-refractivity contribution is -0.131. The maximum atomic E-state index is 12.5. The molecule has 0 aliphatic carbocycles. The first-order valence-corrected chi connectivity index (χ1v) is 8.93. The molecular weight excluding hydrogens is 312 g/mol. The van der Waals surface area contributed by atoms with Gasteiger partial charge in [0.2, 0.25) is 11.8 Å². The Kier molecular flexibility index (Phi) is 4.75. The van der Waals surface area contributed by atoms with Crippen molar-refractivity contribution in [2.24, 2.45) is 0 Å². The Morgan fingerprint density at radius 3 is 2.96 bits per heavy atom. The molecule has 1 amide bonds. The molecule has 6 nitrogen and oxygen atoms in total. The van der Waals surface area contributed by atoms with E-state index in [0.717, 1.165) is 35.9 Å². The van der Waals surface area contributed by atoms with Crippen molar-refractivity contribution in [1.29, 1.82) is 0 Å². The van der Waals surface area contributed by atoms with E-state index in [-0.39, 0.29) is 17.7 Å². The van der Waals surface area contributed by atoms with Crippen LogP contribution in [-0.4, -0.2) is 39.0 Å². The third-order valence-corrected chi connectivity index (χ3v) is 4.91. The number of carbonyl (C=O) groups excluding carboxylic acids is 1. The molecule has 0 spiro atoms. The summed E-state index contributed by atoms with van der Waals surface area (Å²) in [6.07, 6.45) is 2.34. The fourth-order valence-corrected chi connectivity index (χ4v) is 3.43. The molecule has 0 N–H and O–H groups in total. The number of nitrogens with zero attached hydrogens (tertiary/aromatic N) is 4. The largest absolute Gasteiger partial charge is 0.342 e. The van der Waals surface area contributed by atoms with E-state index in [4.69, 9.17) is 4.52 Å². The topological polar surface area (TPSA) is 72.1 Å². The van der Waals surface area contributed by atoms with Crippen molar-refractivity contribution < 1.29 is 9.32 Å². The van der Waals surface area contributed by atoms with Crippen LogP contribution in [0.2, 0.25) is 0 Å². The highest BCUT2D eigenvalue weighted by atomic mass is 32.1. The van der Waals surface area contributed by atoms with Gasteiger partial charge >= 0.3 is 0 Å². The second-order valence-electron chi connectivity index (χ2n) is 6.36. The molecule has 0 radical (unpaired) electrons. The van der Waals surface area contributed by atoms with E-state index in [2.05, 4.69) is 15.1 Å². The number of amides is 1. The van der Waals surface area contributed by atoms with Gasteiger partial charge in [-0.3, -0.25) is 4.79 Å². The summed E-state index contributed by atoms with van der Waals surface area (Å²) < 4.78 is 5.30. The average Bonchev–Trinajstić information content (AvgIpc) is 3.17. The summed E-state index contributed by atoms with van der Waals surface area (Å²) in [5.74, 6) is 1.93. The van der Waals surface area contributed by atoms with Gasteiger partial charge in [0.1, 0.15) is 0 Å². The highest BCUT2D eigenvalue weighted by Gasteiger charge is 2.28. The number of aryl methyl sites for hydroxylation is 1. The maximum Gasteiger partial charge on any atom is 0.229 e. The summed E-state index contributed by atoms with van der Waals surface area (Å²) in [6.45, 7) is 7.48. The lowest BCUT2D eigenvalue weighted by Gasteiger charge is -2.31. The van der Waals surface area contributed by atoms with Crippen LogP contribution >= 0.6 is 11.3 Å². The van der Waals surface area contributed by atoms with Crippen LogP contribution in [-0.2, 0) is 11.2 Å². The van der Waals surface area contributed by atoms with E-state index in [1.54, 1.807) is 11.3 Å². The summed E-state index contributed by atoms with van der Waals surface area (Å²) in [7, 11) is 0. The number of aromatic nitrogens is 3. The molecule has 0 aromatic carbocycles.